The van der Waals surface area contributed by atoms with E-state index in [2.05, 4.69) is 36.9 Å². The van der Waals surface area contributed by atoms with E-state index in [0.717, 1.165) is 31.4 Å². The van der Waals surface area contributed by atoms with E-state index in [1.165, 1.54) is 16.8 Å². The van der Waals surface area contributed by atoms with Gasteiger partial charge in [-0.1, -0.05) is 12.5 Å². The van der Waals surface area contributed by atoms with Crippen molar-refractivity contribution < 1.29 is 9.47 Å². The molecule has 0 bridgehead atoms. The van der Waals surface area contributed by atoms with Crippen LogP contribution in [0.3, 0.4) is 0 Å². The molecule has 26 heavy (non-hydrogen) atoms. The van der Waals surface area contributed by atoms with Crippen molar-refractivity contribution in [2.45, 2.75) is 64.4 Å². The zero-order valence-corrected chi connectivity index (χ0v) is 15.6. The second kappa shape index (κ2) is 5.51. The summed E-state index contributed by atoms with van der Waals surface area (Å²) in [6.07, 6.45) is 12.3. The molecule has 2 aromatic heterocycles. The second-order valence-corrected chi connectivity index (χ2v) is 8.10. The molecular weight excluding hydrogens is 326 g/mol. The fraction of sp³-hybridized carbons (Fsp3) is 0.524. The van der Waals surface area contributed by atoms with Gasteiger partial charge in [0, 0.05) is 24.2 Å². The van der Waals surface area contributed by atoms with Crippen LogP contribution in [0.2, 0.25) is 0 Å². The molecule has 1 saturated heterocycles. The van der Waals surface area contributed by atoms with E-state index in [1.807, 2.05) is 35.4 Å². The fourth-order valence-corrected chi connectivity index (χ4v) is 4.90. The Bertz CT molecular complexity index is 863. The lowest BCUT2D eigenvalue weighted by molar-refractivity contribution is -0.246. The Hall–Kier alpha value is -1.98. The minimum Gasteiger partial charge on any atom is -0.343 e. The average Bonchev–Trinajstić information content (AvgIpc) is 3.16. The summed E-state index contributed by atoms with van der Waals surface area (Å²) in [7, 11) is 0. The molecule has 2 fully saturated rings. The maximum Gasteiger partial charge on any atom is 0.178 e. The smallest absolute Gasteiger partial charge is 0.178 e. The highest BCUT2D eigenvalue weighted by molar-refractivity contribution is 5.61. The van der Waals surface area contributed by atoms with Gasteiger partial charge in [0.2, 0.25) is 0 Å². The van der Waals surface area contributed by atoms with E-state index in [4.69, 9.17) is 9.47 Å². The summed E-state index contributed by atoms with van der Waals surface area (Å²) in [6.45, 7) is 6.56. The van der Waals surface area contributed by atoms with E-state index in [0.29, 0.717) is 0 Å². The Kier molecular flexibility index (Phi) is 3.43. The minimum atomic E-state index is -0.508. The van der Waals surface area contributed by atoms with E-state index >= 15 is 0 Å². The maximum atomic E-state index is 6.48. The Morgan fingerprint density at radius 2 is 1.88 bits per heavy atom. The van der Waals surface area contributed by atoms with Crippen LogP contribution in [0.4, 0.5) is 0 Å². The maximum absolute atomic E-state index is 6.48. The van der Waals surface area contributed by atoms with Crippen LogP contribution in [-0.4, -0.2) is 32.8 Å². The topological polar surface area (TPSA) is 49.2 Å². The van der Waals surface area contributed by atoms with E-state index in [-0.39, 0.29) is 17.6 Å². The van der Waals surface area contributed by atoms with Crippen LogP contribution in [0.1, 0.15) is 51.3 Å². The molecule has 2 aliphatic carbocycles. The molecule has 0 N–H and O–H groups in total. The molecule has 1 aliphatic heterocycles. The van der Waals surface area contributed by atoms with Crippen LogP contribution in [0, 0.1) is 5.41 Å². The molecule has 5 heteroatoms. The van der Waals surface area contributed by atoms with E-state index in [1.54, 1.807) is 0 Å². The van der Waals surface area contributed by atoms with Gasteiger partial charge in [-0.15, -0.1) is 0 Å². The highest BCUT2D eigenvalue weighted by atomic mass is 16.8. The molecule has 0 radical (unpaired) electrons. The van der Waals surface area contributed by atoms with Crippen molar-refractivity contribution in [3.63, 3.8) is 0 Å². The number of fused-ring (bicyclic) bond motifs is 3. The van der Waals surface area contributed by atoms with Crippen molar-refractivity contribution in [1.29, 1.82) is 0 Å². The Morgan fingerprint density at radius 3 is 2.62 bits per heavy atom. The highest BCUT2D eigenvalue weighted by Crippen LogP contribution is 2.58. The molecule has 0 amide bonds. The van der Waals surface area contributed by atoms with Crippen molar-refractivity contribution >= 4 is 6.08 Å². The van der Waals surface area contributed by atoms with Gasteiger partial charge in [-0.05, 0) is 56.9 Å². The summed E-state index contributed by atoms with van der Waals surface area (Å²) < 4.78 is 15.0. The zero-order valence-electron chi connectivity index (χ0n) is 15.6. The standard InChI is InChI=1S/C21H25N3O2/c1-14-15(2)26-21(25-14)8-4-5-17-11-19-16(12-20(17,21)3)13-23-24(19)18-6-9-22-10-7-18/h6-7,9-11,13-15H,4-5,8,12H2,1-3H3/t14-,15-,20?/m1/s1. The summed E-state index contributed by atoms with van der Waals surface area (Å²) in [5.74, 6) is -0.508. The number of pyridine rings is 1. The first-order valence-corrected chi connectivity index (χ1v) is 9.56. The molecule has 2 aromatic rings. The summed E-state index contributed by atoms with van der Waals surface area (Å²) in [5.41, 5.74) is 4.77. The van der Waals surface area contributed by atoms with Gasteiger partial charge in [0.15, 0.2) is 5.79 Å². The Morgan fingerprint density at radius 1 is 1.15 bits per heavy atom. The normalized spacial score (nSPS) is 32.2. The minimum absolute atomic E-state index is 0.132. The molecular formula is C21H25N3O2. The van der Waals surface area contributed by atoms with Crippen molar-refractivity contribution in [3.05, 3.63) is 47.6 Å². The molecule has 3 atom stereocenters. The molecule has 136 valence electrons. The molecule has 3 aliphatic rings. The molecule has 5 nitrogen and oxygen atoms in total. The zero-order chi connectivity index (χ0) is 17.9. The molecule has 0 aromatic carbocycles. The first-order valence-electron chi connectivity index (χ1n) is 9.56. The van der Waals surface area contributed by atoms with Crippen LogP contribution >= 0.6 is 0 Å². The van der Waals surface area contributed by atoms with Crippen LogP contribution in [-0.2, 0) is 15.9 Å². The quantitative estimate of drug-likeness (QED) is 0.781. The third-order valence-electron chi connectivity index (χ3n) is 6.56. The third-order valence-corrected chi connectivity index (χ3v) is 6.56. The number of ether oxygens (including phenoxy) is 2. The highest BCUT2D eigenvalue weighted by Gasteiger charge is 2.60. The largest absolute Gasteiger partial charge is 0.343 e. The van der Waals surface area contributed by atoms with Gasteiger partial charge in [-0.2, -0.15) is 5.10 Å². The molecule has 1 unspecified atom stereocenters. The number of nitrogens with zero attached hydrogens (tertiary/aromatic N) is 3. The van der Waals surface area contributed by atoms with Crippen LogP contribution in [0.15, 0.2) is 36.3 Å². The first-order chi connectivity index (χ1) is 12.5. The van der Waals surface area contributed by atoms with Gasteiger partial charge in [0.25, 0.3) is 0 Å². The summed E-state index contributed by atoms with van der Waals surface area (Å²) in [4.78, 5) is 4.12. The summed E-state index contributed by atoms with van der Waals surface area (Å²) in [6, 6.07) is 3.99. The van der Waals surface area contributed by atoms with Crippen molar-refractivity contribution in [2.24, 2.45) is 5.41 Å². The van der Waals surface area contributed by atoms with E-state index in [9.17, 15) is 0 Å². The third kappa shape index (κ3) is 2.10. The van der Waals surface area contributed by atoms with Crippen molar-refractivity contribution in [1.82, 2.24) is 14.8 Å². The first kappa shape index (κ1) is 16.2. The predicted octanol–water partition coefficient (Wildman–Crippen LogP) is 3.92. The number of hydrogen-bond acceptors (Lipinski definition) is 4. The number of rotatable bonds is 1. The lowest BCUT2D eigenvalue weighted by atomic mass is 9.62. The van der Waals surface area contributed by atoms with Crippen LogP contribution in [0.5, 0.6) is 0 Å². The molecule has 3 heterocycles. The fourth-order valence-electron chi connectivity index (χ4n) is 4.90. The van der Waals surface area contributed by atoms with Gasteiger partial charge in [-0.25, -0.2) is 4.68 Å². The number of aromatic nitrogens is 3. The molecule has 1 spiro atoms. The molecule has 5 rings (SSSR count). The van der Waals surface area contributed by atoms with E-state index < -0.39 is 5.79 Å². The van der Waals surface area contributed by atoms with Crippen LogP contribution < -0.4 is 0 Å². The summed E-state index contributed by atoms with van der Waals surface area (Å²) >= 11 is 0. The van der Waals surface area contributed by atoms with Crippen molar-refractivity contribution in [2.75, 3.05) is 0 Å². The monoisotopic (exact) mass is 351 g/mol. The Labute approximate surface area is 154 Å². The molecule has 1 saturated carbocycles. The lowest BCUT2D eigenvalue weighted by Gasteiger charge is -2.51. The van der Waals surface area contributed by atoms with Gasteiger partial charge in [0.1, 0.15) is 0 Å². The van der Waals surface area contributed by atoms with Gasteiger partial charge < -0.3 is 9.47 Å². The Balaban J connectivity index is 1.60. The second-order valence-electron chi connectivity index (χ2n) is 8.10. The lowest BCUT2D eigenvalue weighted by Crippen LogP contribution is -2.53. The van der Waals surface area contributed by atoms with Crippen molar-refractivity contribution in [3.8, 4) is 5.69 Å². The summed E-state index contributed by atoms with van der Waals surface area (Å²) in [5, 5.41) is 4.66. The van der Waals surface area contributed by atoms with Crippen LogP contribution in [0.25, 0.3) is 11.8 Å². The van der Waals surface area contributed by atoms with Gasteiger partial charge in [0.05, 0.1) is 29.8 Å². The predicted molar refractivity (Wildman–Crippen MR) is 98.8 cm³/mol. The van der Waals surface area contributed by atoms with Gasteiger partial charge in [-0.3, -0.25) is 4.98 Å². The van der Waals surface area contributed by atoms with Gasteiger partial charge >= 0.3 is 0 Å². The average molecular weight is 351 g/mol. The number of hydrogen-bond donors (Lipinski definition) is 0. The SMILES string of the molecule is C[C@H]1OC2(CCCC3=Cc4c(cnn4-c4ccncc4)CC32C)O[C@@H]1C.